The van der Waals surface area contributed by atoms with E-state index in [1.807, 2.05) is 17.1 Å². The number of likely N-dealkylation sites (tertiary alicyclic amines) is 1. The lowest BCUT2D eigenvalue weighted by atomic mass is 9.78. The molecule has 0 aromatic rings. The van der Waals surface area contributed by atoms with Gasteiger partial charge in [-0.1, -0.05) is 50.8 Å². The second-order valence-corrected chi connectivity index (χ2v) is 9.46. The molecule has 182 valence electrons. The van der Waals surface area contributed by atoms with Crippen molar-refractivity contribution in [2.45, 2.75) is 69.6 Å². The number of hydrogen-bond donors (Lipinski definition) is 1. The number of fused-ring (bicyclic) bond motifs is 2. The fourth-order valence-electron chi connectivity index (χ4n) is 5.76. The van der Waals surface area contributed by atoms with Crippen molar-refractivity contribution in [3.05, 3.63) is 24.3 Å². The molecule has 0 radical (unpaired) electrons. The fourth-order valence-corrected chi connectivity index (χ4v) is 5.76. The maximum Gasteiger partial charge on any atom is 0.313 e. The second-order valence-electron chi connectivity index (χ2n) is 9.46. The van der Waals surface area contributed by atoms with Gasteiger partial charge in [-0.25, -0.2) is 0 Å². The van der Waals surface area contributed by atoms with Crippen LogP contribution in [0.4, 0.5) is 0 Å². The number of carbonyl (C=O) groups excluding carboxylic acids is 3. The van der Waals surface area contributed by atoms with Crippen LogP contribution in [0.25, 0.3) is 0 Å². The Morgan fingerprint density at radius 1 is 1.03 bits per heavy atom. The van der Waals surface area contributed by atoms with Crippen molar-refractivity contribution in [1.82, 2.24) is 9.80 Å². The van der Waals surface area contributed by atoms with Crippen LogP contribution in [0.3, 0.4) is 0 Å². The molecular weight excluding hydrogens is 424 g/mol. The average molecular weight is 461 g/mol. The summed E-state index contributed by atoms with van der Waals surface area (Å²) in [5.41, 5.74) is -1.16. The Bertz CT molecular complexity index is 811. The molecule has 0 bridgehead atoms. The van der Waals surface area contributed by atoms with Crippen molar-refractivity contribution < 1.29 is 29.0 Å². The molecule has 2 amide bonds. The SMILES string of the molecule is CCCCCN1CC=C[C@]23O[C@H]4C=CCOC(=O)[C@H]4[C@H]2C(=O)N(CCCCCCO)C3C1=O. The molecule has 4 rings (SSSR count). The molecule has 0 aromatic carbocycles. The molecule has 1 unspecified atom stereocenters. The van der Waals surface area contributed by atoms with Gasteiger partial charge in [-0.3, -0.25) is 14.4 Å². The number of aliphatic hydroxyl groups is 1. The van der Waals surface area contributed by atoms with E-state index in [1.165, 1.54) is 0 Å². The molecule has 0 aliphatic carbocycles. The van der Waals surface area contributed by atoms with Crippen molar-refractivity contribution in [3.8, 4) is 0 Å². The van der Waals surface area contributed by atoms with Gasteiger partial charge in [0.2, 0.25) is 11.8 Å². The molecule has 5 atom stereocenters. The first-order chi connectivity index (χ1) is 16.0. The highest BCUT2D eigenvalue weighted by Crippen LogP contribution is 2.53. The fraction of sp³-hybridized carbons (Fsp3) is 0.720. The maximum atomic E-state index is 13.8. The number of carbonyl (C=O) groups is 3. The molecule has 8 heteroatoms. The summed E-state index contributed by atoms with van der Waals surface area (Å²) in [5, 5.41) is 9.04. The highest BCUT2D eigenvalue weighted by molar-refractivity contribution is 5.99. The van der Waals surface area contributed by atoms with Gasteiger partial charge in [-0.2, -0.15) is 0 Å². The molecule has 4 aliphatic heterocycles. The first-order valence-corrected chi connectivity index (χ1v) is 12.4. The minimum Gasteiger partial charge on any atom is -0.461 e. The van der Waals surface area contributed by atoms with Crippen LogP contribution in [0.1, 0.15) is 51.9 Å². The number of cyclic esters (lactones) is 1. The third-order valence-electron chi connectivity index (χ3n) is 7.34. The van der Waals surface area contributed by atoms with E-state index in [9.17, 15) is 14.4 Å². The highest BCUT2D eigenvalue weighted by Gasteiger charge is 2.71. The third-order valence-corrected chi connectivity index (χ3v) is 7.34. The average Bonchev–Trinajstić information content (AvgIpc) is 3.10. The molecule has 4 aliphatic rings. The first-order valence-electron chi connectivity index (χ1n) is 12.4. The van der Waals surface area contributed by atoms with Crippen LogP contribution in [-0.4, -0.2) is 83.3 Å². The predicted octanol–water partition coefficient (Wildman–Crippen LogP) is 1.82. The van der Waals surface area contributed by atoms with Gasteiger partial charge in [0, 0.05) is 26.2 Å². The van der Waals surface area contributed by atoms with E-state index in [0.29, 0.717) is 19.6 Å². The summed E-state index contributed by atoms with van der Waals surface area (Å²) in [5.74, 6) is -2.25. The smallest absolute Gasteiger partial charge is 0.313 e. The van der Waals surface area contributed by atoms with E-state index in [-0.39, 0.29) is 25.0 Å². The van der Waals surface area contributed by atoms with E-state index in [0.717, 1.165) is 44.9 Å². The monoisotopic (exact) mass is 460 g/mol. The number of hydrogen-bond acceptors (Lipinski definition) is 6. The zero-order valence-electron chi connectivity index (χ0n) is 19.5. The van der Waals surface area contributed by atoms with Gasteiger partial charge in [0.1, 0.15) is 24.2 Å². The lowest BCUT2D eigenvalue weighted by Gasteiger charge is -2.35. The summed E-state index contributed by atoms with van der Waals surface area (Å²) in [6.45, 7) is 4.00. The van der Waals surface area contributed by atoms with Crippen LogP contribution in [0.2, 0.25) is 0 Å². The molecule has 4 heterocycles. The number of nitrogens with zero attached hydrogens (tertiary/aromatic N) is 2. The lowest BCUT2D eigenvalue weighted by molar-refractivity contribution is -0.153. The van der Waals surface area contributed by atoms with Crippen LogP contribution >= 0.6 is 0 Å². The number of amides is 2. The molecule has 0 aromatic heterocycles. The van der Waals surface area contributed by atoms with E-state index in [4.69, 9.17) is 14.6 Å². The van der Waals surface area contributed by atoms with Gasteiger partial charge in [-0.05, 0) is 25.3 Å². The van der Waals surface area contributed by atoms with Gasteiger partial charge < -0.3 is 24.4 Å². The van der Waals surface area contributed by atoms with Crippen molar-refractivity contribution in [3.63, 3.8) is 0 Å². The van der Waals surface area contributed by atoms with Gasteiger partial charge in [-0.15, -0.1) is 0 Å². The van der Waals surface area contributed by atoms with Crippen LogP contribution in [-0.2, 0) is 23.9 Å². The number of aliphatic hydroxyl groups excluding tert-OH is 1. The molecule has 33 heavy (non-hydrogen) atoms. The van der Waals surface area contributed by atoms with Crippen LogP contribution in [0.15, 0.2) is 24.3 Å². The van der Waals surface area contributed by atoms with Crippen LogP contribution in [0.5, 0.6) is 0 Å². The highest BCUT2D eigenvalue weighted by atomic mass is 16.6. The molecule has 0 saturated carbocycles. The van der Waals surface area contributed by atoms with E-state index in [2.05, 4.69) is 6.92 Å². The Hall–Kier alpha value is -2.19. The molecule has 1 spiro atoms. The minimum absolute atomic E-state index is 0.101. The Morgan fingerprint density at radius 3 is 2.61 bits per heavy atom. The summed E-state index contributed by atoms with van der Waals surface area (Å²) >= 11 is 0. The Labute approximate surface area is 195 Å². The molecule has 1 N–H and O–H groups in total. The van der Waals surface area contributed by atoms with Crippen molar-refractivity contribution in [2.24, 2.45) is 11.8 Å². The molecule has 8 nitrogen and oxygen atoms in total. The minimum atomic E-state index is -1.16. The van der Waals surface area contributed by atoms with E-state index < -0.39 is 35.6 Å². The number of esters is 1. The van der Waals surface area contributed by atoms with Gasteiger partial charge in [0.15, 0.2) is 0 Å². The Morgan fingerprint density at radius 2 is 1.82 bits per heavy atom. The summed E-state index contributed by atoms with van der Waals surface area (Å²) in [4.78, 5) is 44.0. The van der Waals surface area contributed by atoms with Gasteiger partial charge in [0.05, 0.1) is 12.0 Å². The summed E-state index contributed by atoms with van der Waals surface area (Å²) in [6, 6.07) is -0.777. The van der Waals surface area contributed by atoms with Crippen LogP contribution < -0.4 is 0 Å². The number of ether oxygens (including phenoxy) is 2. The quantitative estimate of drug-likeness (QED) is 0.304. The predicted molar refractivity (Wildman–Crippen MR) is 121 cm³/mol. The summed E-state index contributed by atoms with van der Waals surface area (Å²) in [7, 11) is 0. The Kier molecular flexibility index (Phi) is 7.54. The molecule has 2 fully saturated rings. The summed E-state index contributed by atoms with van der Waals surface area (Å²) < 4.78 is 11.8. The lowest BCUT2D eigenvalue weighted by Crippen LogP contribution is -2.55. The number of unbranched alkanes of at least 4 members (excludes halogenated alkanes) is 5. The maximum absolute atomic E-state index is 13.8. The molecule has 2 saturated heterocycles. The van der Waals surface area contributed by atoms with Crippen molar-refractivity contribution in [2.75, 3.05) is 32.8 Å². The standard InChI is InChI=1S/C25H36N2O6/c1-2-3-6-13-26-14-10-12-25-20(19-18(33-25)11-9-17-32-24(19)31)22(29)27(21(25)23(26)30)15-7-4-5-8-16-28/h9-12,18-21,28H,2-8,13-17H2,1H3/t18-,19+,20-,21?,25-/m0/s1. The Balaban J connectivity index is 1.65. The van der Waals surface area contributed by atoms with Crippen LogP contribution in [0, 0.1) is 11.8 Å². The summed E-state index contributed by atoms with van der Waals surface area (Å²) in [6.07, 6.45) is 13.0. The van der Waals surface area contributed by atoms with Crippen molar-refractivity contribution in [1.29, 1.82) is 0 Å². The van der Waals surface area contributed by atoms with Crippen molar-refractivity contribution >= 4 is 17.8 Å². The zero-order valence-corrected chi connectivity index (χ0v) is 19.5. The first kappa shape index (κ1) is 24.0. The number of rotatable bonds is 10. The largest absolute Gasteiger partial charge is 0.461 e. The van der Waals surface area contributed by atoms with E-state index >= 15 is 0 Å². The topological polar surface area (TPSA) is 96.4 Å². The zero-order chi connectivity index (χ0) is 23.4. The third kappa shape index (κ3) is 4.35. The van der Waals surface area contributed by atoms with E-state index in [1.54, 1.807) is 17.1 Å². The second kappa shape index (κ2) is 10.4. The molecular formula is C25H36N2O6. The normalized spacial score (nSPS) is 33.0. The van der Waals surface area contributed by atoms with Gasteiger partial charge >= 0.3 is 5.97 Å². The van der Waals surface area contributed by atoms with Gasteiger partial charge in [0.25, 0.3) is 0 Å².